The normalized spacial score (nSPS) is 23.9. The Balaban J connectivity index is 1.33. The summed E-state index contributed by atoms with van der Waals surface area (Å²) >= 11 is 0. The summed E-state index contributed by atoms with van der Waals surface area (Å²) < 4.78 is 7.82. The standard InChI is InChI=1S/C24H26BN5O3/c25-24(31,32)30(19-12-16-3-1-4-17(13-19)27-16)22-8-7-21-20-6-5-18(29-10-2-9-26-29)11-15(20)14-33-23(21)28-22/h2,5-11,16-17,19,27,31-32H,1,3-4,12-14H2. The van der Waals surface area contributed by atoms with Gasteiger partial charge in [-0.05, 0) is 67.1 Å². The van der Waals surface area contributed by atoms with Crippen LogP contribution >= 0.6 is 0 Å². The molecule has 0 spiro atoms. The molecule has 2 bridgehead atoms. The van der Waals surface area contributed by atoms with Gasteiger partial charge in [0.2, 0.25) is 5.88 Å². The molecule has 5 heterocycles. The van der Waals surface area contributed by atoms with Gasteiger partial charge in [-0.3, -0.25) is 0 Å². The average Bonchev–Trinajstić information content (AvgIpc) is 3.32. The second kappa shape index (κ2) is 7.86. The Hall–Kier alpha value is -2.88. The number of piperidine rings is 2. The van der Waals surface area contributed by atoms with Crippen LogP contribution < -0.4 is 15.0 Å². The second-order valence-corrected chi connectivity index (χ2v) is 9.28. The largest absolute Gasteiger partial charge is 0.472 e. The van der Waals surface area contributed by atoms with Crippen molar-refractivity contribution in [1.82, 2.24) is 20.1 Å². The summed E-state index contributed by atoms with van der Waals surface area (Å²) in [5.74, 6) is -1.64. The summed E-state index contributed by atoms with van der Waals surface area (Å²) in [5.41, 5.74) is 3.92. The number of aromatic nitrogens is 3. The van der Waals surface area contributed by atoms with Crippen molar-refractivity contribution in [3.05, 3.63) is 54.4 Å². The summed E-state index contributed by atoms with van der Waals surface area (Å²) in [6.07, 6.45) is 8.61. The third kappa shape index (κ3) is 3.80. The number of aliphatic hydroxyl groups is 2. The lowest BCUT2D eigenvalue weighted by molar-refractivity contribution is -0.0947. The lowest BCUT2D eigenvalue weighted by Crippen LogP contribution is -2.61. The van der Waals surface area contributed by atoms with Crippen molar-refractivity contribution in [3.8, 4) is 22.7 Å². The predicted molar refractivity (Wildman–Crippen MR) is 124 cm³/mol. The summed E-state index contributed by atoms with van der Waals surface area (Å²) in [4.78, 5) is 6.13. The van der Waals surface area contributed by atoms with Gasteiger partial charge in [-0.2, -0.15) is 10.1 Å². The zero-order valence-electron chi connectivity index (χ0n) is 18.3. The third-order valence-corrected chi connectivity index (χ3v) is 7.01. The number of benzene rings is 1. The van der Waals surface area contributed by atoms with Gasteiger partial charge in [-0.25, -0.2) is 4.68 Å². The molecule has 0 saturated carbocycles. The Morgan fingerprint density at radius 3 is 2.64 bits per heavy atom. The van der Waals surface area contributed by atoms with E-state index in [0.29, 0.717) is 30.4 Å². The first-order valence-electron chi connectivity index (χ1n) is 11.5. The summed E-state index contributed by atoms with van der Waals surface area (Å²) in [7, 11) is 5.84. The topological polar surface area (TPSA) is 95.7 Å². The first-order valence-corrected chi connectivity index (χ1v) is 11.5. The summed E-state index contributed by atoms with van der Waals surface area (Å²) in [5, 5.41) is 28.9. The van der Waals surface area contributed by atoms with Crippen LogP contribution in [0.25, 0.3) is 16.8 Å². The van der Waals surface area contributed by atoms with Gasteiger partial charge in [0.05, 0.1) is 5.69 Å². The van der Waals surface area contributed by atoms with E-state index in [1.54, 1.807) is 12.3 Å². The highest BCUT2D eigenvalue weighted by atomic mass is 16.5. The molecule has 3 N–H and O–H groups in total. The van der Waals surface area contributed by atoms with Gasteiger partial charge >= 0.3 is 0 Å². The van der Waals surface area contributed by atoms with Gasteiger partial charge in [0.15, 0.2) is 13.7 Å². The Bertz CT molecular complexity index is 1150. The molecule has 168 valence electrons. The van der Waals surface area contributed by atoms with Gasteiger partial charge in [0.25, 0.3) is 0 Å². The van der Waals surface area contributed by atoms with Crippen molar-refractivity contribution >= 4 is 13.7 Å². The van der Waals surface area contributed by atoms with Crippen LogP contribution in [0.15, 0.2) is 48.8 Å². The number of rotatable bonds is 4. The number of nitrogens with zero attached hydrogens (tertiary/aromatic N) is 4. The molecule has 1 aromatic carbocycles. The number of hydrogen-bond donors (Lipinski definition) is 3. The molecule has 33 heavy (non-hydrogen) atoms. The van der Waals surface area contributed by atoms with E-state index < -0.39 is 5.81 Å². The molecule has 2 atom stereocenters. The highest BCUT2D eigenvalue weighted by molar-refractivity contribution is 6.14. The highest BCUT2D eigenvalue weighted by Crippen LogP contribution is 2.40. The molecule has 6 rings (SSSR count). The Kier molecular flexibility index (Phi) is 4.94. The minimum Gasteiger partial charge on any atom is -0.472 e. The number of fused-ring (bicyclic) bond motifs is 5. The van der Waals surface area contributed by atoms with Crippen LogP contribution in [0, 0.1) is 0 Å². The van der Waals surface area contributed by atoms with Crippen LogP contribution in [0.1, 0.15) is 37.7 Å². The third-order valence-electron chi connectivity index (χ3n) is 7.01. The Labute approximate surface area is 193 Å². The van der Waals surface area contributed by atoms with E-state index in [1.165, 1.54) is 11.3 Å². The molecule has 2 unspecified atom stereocenters. The molecular weight excluding hydrogens is 417 g/mol. The minimum atomic E-state index is -2.51. The zero-order valence-corrected chi connectivity index (χ0v) is 18.3. The van der Waals surface area contributed by atoms with E-state index in [2.05, 4.69) is 21.5 Å². The lowest BCUT2D eigenvalue weighted by atomic mass is 9.82. The van der Waals surface area contributed by atoms with E-state index >= 15 is 0 Å². The van der Waals surface area contributed by atoms with E-state index in [1.807, 2.05) is 35.1 Å². The lowest BCUT2D eigenvalue weighted by Gasteiger charge is -2.48. The van der Waals surface area contributed by atoms with E-state index in [-0.39, 0.29) is 6.04 Å². The fourth-order valence-electron chi connectivity index (χ4n) is 5.62. The fraction of sp³-hybridized carbons (Fsp3) is 0.417. The SMILES string of the molecule is [B]C(O)(O)N(c1ccc2c(n1)OCc1cc(-n3cccn3)ccc1-2)C1CC2CCCC(C1)N2. The predicted octanol–water partition coefficient (Wildman–Crippen LogP) is 2.07. The van der Waals surface area contributed by atoms with Crippen molar-refractivity contribution in [2.75, 3.05) is 4.90 Å². The van der Waals surface area contributed by atoms with Gasteiger partial charge in [0, 0.05) is 36.1 Å². The number of ether oxygens (including phenoxy) is 1. The molecule has 0 amide bonds. The molecule has 2 fully saturated rings. The molecule has 8 nitrogen and oxygen atoms in total. The minimum absolute atomic E-state index is 0.125. The first-order chi connectivity index (χ1) is 16.0. The molecular formula is C24H26BN5O3. The monoisotopic (exact) mass is 443 g/mol. The number of pyridine rings is 1. The molecule has 9 heteroatoms. The van der Waals surface area contributed by atoms with Crippen LogP contribution in [-0.2, 0) is 6.61 Å². The molecule has 2 radical (unpaired) electrons. The molecule has 3 aliphatic rings. The van der Waals surface area contributed by atoms with Gasteiger partial charge in [-0.15, -0.1) is 0 Å². The van der Waals surface area contributed by atoms with Gasteiger partial charge in [-0.1, -0.05) is 12.5 Å². The highest BCUT2D eigenvalue weighted by Gasteiger charge is 2.40. The van der Waals surface area contributed by atoms with Crippen molar-refractivity contribution in [2.45, 2.75) is 62.6 Å². The van der Waals surface area contributed by atoms with Crippen molar-refractivity contribution in [1.29, 1.82) is 0 Å². The Morgan fingerprint density at radius 2 is 1.91 bits per heavy atom. The molecule has 3 aliphatic heterocycles. The average molecular weight is 443 g/mol. The first kappa shape index (κ1) is 20.7. The zero-order chi connectivity index (χ0) is 22.6. The van der Waals surface area contributed by atoms with E-state index in [4.69, 9.17) is 12.6 Å². The molecule has 3 aromatic rings. The van der Waals surface area contributed by atoms with Crippen LogP contribution in [0.4, 0.5) is 5.82 Å². The molecule has 0 aliphatic carbocycles. The van der Waals surface area contributed by atoms with Crippen molar-refractivity contribution < 1.29 is 14.9 Å². The van der Waals surface area contributed by atoms with Crippen LogP contribution in [-0.4, -0.2) is 56.8 Å². The maximum atomic E-state index is 10.5. The van der Waals surface area contributed by atoms with E-state index in [0.717, 1.165) is 48.1 Å². The summed E-state index contributed by atoms with van der Waals surface area (Å²) in [6, 6.07) is 12.3. The Morgan fingerprint density at radius 1 is 1.12 bits per heavy atom. The van der Waals surface area contributed by atoms with E-state index in [9.17, 15) is 10.2 Å². The number of nitrogens with one attached hydrogen (secondary N) is 1. The number of hydrogen-bond acceptors (Lipinski definition) is 7. The number of anilines is 1. The maximum absolute atomic E-state index is 10.5. The second-order valence-electron chi connectivity index (χ2n) is 9.28. The summed E-state index contributed by atoms with van der Waals surface area (Å²) in [6.45, 7) is 0.372. The van der Waals surface area contributed by atoms with Crippen LogP contribution in [0.2, 0.25) is 0 Å². The quantitative estimate of drug-likeness (QED) is 0.420. The van der Waals surface area contributed by atoms with Crippen molar-refractivity contribution in [3.63, 3.8) is 0 Å². The van der Waals surface area contributed by atoms with Gasteiger partial charge < -0.3 is 25.2 Å². The molecule has 2 saturated heterocycles. The van der Waals surface area contributed by atoms with Gasteiger partial charge in [0.1, 0.15) is 12.4 Å². The van der Waals surface area contributed by atoms with Crippen LogP contribution in [0.5, 0.6) is 5.88 Å². The molecule has 2 aromatic heterocycles. The van der Waals surface area contributed by atoms with Crippen LogP contribution in [0.3, 0.4) is 0 Å². The maximum Gasteiger partial charge on any atom is 0.223 e. The smallest absolute Gasteiger partial charge is 0.223 e. The van der Waals surface area contributed by atoms with Crippen molar-refractivity contribution in [2.24, 2.45) is 0 Å². The fourth-order valence-corrected chi connectivity index (χ4v) is 5.62.